The van der Waals surface area contributed by atoms with Gasteiger partial charge < -0.3 is 10.6 Å². The average molecular weight is 496 g/mol. The zero-order valence-corrected chi connectivity index (χ0v) is 22.3. The predicted octanol–water partition coefficient (Wildman–Crippen LogP) is 6.78. The second kappa shape index (κ2) is 12.4. The van der Waals surface area contributed by atoms with E-state index < -0.39 is 0 Å². The molecule has 0 bridgehead atoms. The molecule has 0 aromatic heterocycles. The number of allylic oxidation sites excluding steroid dienone is 3. The molecular formula is C33H41N3O. The number of hydrogen-bond acceptors (Lipinski definition) is 3. The molecule has 37 heavy (non-hydrogen) atoms. The van der Waals surface area contributed by atoms with Gasteiger partial charge in [0.25, 0.3) is 0 Å². The Labute approximate surface area is 222 Å². The second-order valence-electron chi connectivity index (χ2n) is 10.9. The largest absolute Gasteiger partial charge is 0.384 e. The van der Waals surface area contributed by atoms with Crippen LogP contribution in [0.25, 0.3) is 11.1 Å². The van der Waals surface area contributed by atoms with Gasteiger partial charge >= 0.3 is 0 Å². The Balaban J connectivity index is 1.04. The fourth-order valence-corrected chi connectivity index (χ4v) is 6.05. The number of rotatable bonds is 9. The molecule has 1 amide bonds. The average Bonchev–Trinajstić information content (AvgIpc) is 2.93. The molecular weight excluding hydrogens is 454 g/mol. The highest BCUT2D eigenvalue weighted by Crippen LogP contribution is 2.37. The van der Waals surface area contributed by atoms with Crippen molar-refractivity contribution in [2.45, 2.75) is 77.2 Å². The molecule has 1 aliphatic heterocycles. The van der Waals surface area contributed by atoms with Crippen molar-refractivity contribution in [2.75, 3.05) is 13.1 Å². The molecule has 5 rings (SSSR count). The first-order valence-corrected chi connectivity index (χ1v) is 14.3. The van der Waals surface area contributed by atoms with Crippen molar-refractivity contribution in [3.05, 3.63) is 83.1 Å². The van der Waals surface area contributed by atoms with E-state index in [0.29, 0.717) is 18.4 Å². The van der Waals surface area contributed by atoms with Crippen molar-refractivity contribution in [2.24, 2.45) is 10.9 Å². The van der Waals surface area contributed by atoms with Gasteiger partial charge in [-0.1, -0.05) is 66.2 Å². The van der Waals surface area contributed by atoms with E-state index in [2.05, 4.69) is 60.0 Å². The van der Waals surface area contributed by atoms with Crippen molar-refractivity contribution in [3.63, 3.8) is 0 Å². The zero-order valence-electron chi connectivity index (χ0n) is 22.3. The summed E-state index contributed by atoms with van der Waals surface area (Å²) in [6.07, 6.45) is 13.3. The molecule has 0 saturated carbocycles. The van der Waals surface area contributed by atoms with Crippen LogP contribution in [0.2, 0.25) is 0 Å². The molecule has 1 heterocycles. The summed E-state index contributed by atoms with van der Waals surface area (Å²) >= 11 is 0. The maximum atomic E-state index is 12.4. The maximum absolute atomic E-state index is 12.4. The number of nitrogens with zero attached hydrogens (tertiary/aromatic N) is 1. The molecule has 2 aliphatic carbocycles. The van der Waals surface area contributed by atoms with Crippen LogP contribution in [0.15, 0.2) is 82.5 Å². The van der Waals surface area contributed by atoms with Crippen LogP contribution in [0.1, 0.15) is 70.3 Å². The summed E-state index contributed by atoms with van der Waals surface area (Å²) in [7, 11) is 0. The lowest BCUT2D eigenvalue weighted by molar-refractivity contribution is -0.120. The Kier molecular flexibility index (Phi) is 8.55. The number of amides is 1. The monoisotopic (exact) mass is 495 g/mol. The molecule has 2 aromatic rings. The minimum Gasteiger partial charge on any atom is -0.384 e. The van der Waals surface area contributed by atoms with Crippen LogP contribution in [0, 0.1) is 5.92 Å². The first kappa shape index (κ1) is 25.5. The molecule has 2 atom stereocenters. The highest BCUT2D eigenvalue weighted by Gasteiger charge is 2.36. The summed E-state index contributed by atoms with van der Waals surface area (Å²) in [6.45, 7) is 3.91. The summed E-state index contributed by atoms with van der Waals surface area (Å²) < 4.78 is 0. The van der Waals surface area contributed by atoms with Crippen LogP contribution in [-0.2, 0) is 11.2 Å². The normalized spacial score (nSPS) is 22.1. The summed E-state index contributed by atoms with van der Waals surface area (Å²) in [6, 6.07) is 19.2. The molecule has 0 radical (unpaired) electrons. The topological polar surface area (TPSA) is 53.5 Å². The maximum Gasteiger partial charge on any atom is 0.224 e. The second-order valence-corrected chi connectivity index (χ2v) is 10.9. The van der Waals surface area contributed by atoms with Crippen LogP contribution in [-0.4, -0.2) is 30.8 Å². The number of nitrogens with one attached hydrogen (secondary N) is 2. The number of carbonyl (C=O) groups excluding carboxylic acids is 1. The molecule has 0 spiro atoms. The molecule has 2 aromatic carbocycles. The molecule has 0 fully saturated rings. The zero-order chi connectivity index (χ0) is 25.5. The molecule has 2 unspecified atom stereocenters. The van der Waals surface area contributed by atoms with Gasteiger partial charge in [0, 0.05) is 36.5 Å². The molecule has 2 N–H and O–H groups in total. The molecule has 4 heteroatoms. The van der Waals surface area contributed by atoms with E-state index in [1.807, 2.05) is 18.2 Å². The van der Waals surface area contributed by atoms with Crippen molar-refractivity contribution < 1.29 is 4.79 Å². The third kappa shape index (κ3) is 6.60. The summed E-state index contributed by atoms with van der Waals surface area (Å²) in [5.74, 6) is 0.647. The minimum absolute atomic E-state index is 0.103. The van der Waals surface area contributed by atoms with Crippen LogP contribution in [0.4, 0.5) is 0 Å². The molecule has 3 aliphatic rings. The Morgan fingerprint density at radius 2 is 1.76 bits per heavy atom. The van der Waals surface area contributed by atoms with Crippen LogP contribution in [0.3, 0.4) is 0 Å². The van der Waals surface area contributed by atoms with Crippen molar-refractivity contribution in [1.82, 2.24) is 10.6 Å². The highest BCUT2D eigenvalue weighted by atomic mass is 16.1. The van der Waals surface area contributed by atoms with Gasteiger partial charge in [-0.05, 0) is 87.0 Å². The lowest BCUT2D eigenvalue weighted by Crippen LogP contribution is -2.47. The van der Waals surface area contributed by atoms with Crippen LogP contribution in [0.5, 0.6) is 0 Å². The van der Waals surface area contributed by atoms with Gasteiger partial charge in [-0.15, -0.1) is 0 Å². The molecule has 0 saturated heterocycles. The van der Waals surface area contributed by atoms with Gasteiger partial charge in [-0.2, -0.15) is 0 Å². The van der Waals surface area contributed by atoms with Crippen LogP contribution < -0.4 is 10.6 Å². The SMILES string of the molecule is CC1=CCC2NC3=C(CCCC3)C(=NCCCCCNC(=O)Cc3ccc(-c4ccccc4)cc3)C2C1. The first-order valence-electron chi connectivity index (χ1n) is 14.3. The Morgan fingerprint density at radius 3 is 2.59 bits per heavy atom. The summed E-state index contributed by atoms with van der Waals surface area (Å²) in [4.78, 5) is 17.6. The summed E-state index contributed by atoms with van der Waals surface area (Å²) in [5.41, 5.74) is 9.38. The summed E-state index contributed by atoms with van der Waals surface area (Å²) in [5, 5.41) is 6.98. The standard InChI is InChI=1S/C33H41N3O/c1-24-14-19-31-29(22-24)33(28-12-6-7-13-30(28)36-31)35-21-9-3-8-20-34-32(37)23-25-15-17-27(18-16-25)26-10-4-2-5-11-26/h2,4-5,10-11,14-18,29,31,36H,3,6-9,12-13,19-23H2,1H3,(H,34,37). The smallest absolute Gasteiger partial charge is 0.224 e. The van der Waals surface area contributed by atoms with Gasteiger partial charge in [-0.3, -0.25) is 9.79 Å². The molecule has 194 valence electrons. The lowest BCUT2D eigenvalue weighted by atomic mass is 9.74. The number of carbonyl (C=O) groups is 1. The van der Waals surface area contributed by atoms with Gasteiger partial charge in [0.1, 0.15) is 0 Å². The number of hydrogen-bond donors (Lipinski definition) is 2. The van der Waals surface area contributed by atoms with Gasteiger partial charge in [0.2, 0.25) is 5.91 Å². The third-order valence-corrected chi connectivity index (χ3v) is 8.10. The van der Waals surface area contributed by atoms with Crippen molar-refractivity contribution >= 4 is 11.6 Å². The van der Waals surface area contributed by atoms with E-state index in [1.165, 1.54) is 59.4 Å². The number of benzene rings is 2. The number of unbranched alkanes of at least 4 members (excludes halogenated alkanes) is 2. The van der Waals surface area contributed by atoms with Crippen LogP contribution >= 0.6 is 0 Å². The highest BCUT2D eigenvalue weighted by molar-refractivity contribution is 6.04. The Bertz CT molecular complexity index is 1160. The Morgan fingerprint density at radius 1 is 0.973 bits per heavy atom. The fraction of sp³-hybridized carbons (Fsp3) is 0.455. The van der Waals surface area contributed by atoms with E-state index in [0.717, 1.165) is 50.8 Å². The quantitative estimate of drug-likeness (QED) is 0.298. The van der Waals surface area contributed by atoms with Gasteiger partial charge in [0.15, 0.2) is 0 Å². The number of aliphatic imine (C=N–C) groups is 1. The van der Waals surface area contributed by atoms with Crippen molar-refractivity contribution in [3.8, 4) is 11.1 Å². The van der Waals surface area contributed by atoms with E-state index in [1.54, 1.807) is 0 Å². The lowest BCUT2D eigenvalue weighted by Gasteiger charge is -2.41. The predicted molar refractivity (Wildman–Crippen MR) is 154 cm³/mol. The number of fused-ring (bicyclic) bond motifs is 1. The van der Waals surface area contributed by atoms with Gasteiger partial charge in [-0.25, -0.2) is 0 Å². The van der Waals surface area contributed by atoms with E-state index in [9.17, 15) is 4.79 Å². The van der Waals surface area contributed by atoms with Crippen molar-refractivity contribution in [1.29, 1.82) is 0 Å². The van der Waals surface area contributed by atoms with Gasteiger partial charge in [0.05, 0.1) is 6.42 Å². The fourth-order valence-electron chi connectivity index (χ4n) is 6.05. The van der Waals surface area contributed by atoms with E-state index in [-0.39, 0.29) is 5.91 Å². The molecule has 4 nitrogen and oxygen atoms in total. The first-order chi connectivity index (χ1) is 18.2. The van der Waals surface area contributed by atoms with E-state index >= 15 is 0 Å². The Hall–Kier alpha value is -3.14. The third-order valence-electron chi connectivity index (χ3n) is 8.10. The minimum atomic E-state index is 0.103. The van der Waals surface area contributed by atoms with E-state index in [4.69, 9.17) is 4.99 Å².